The van der Waals surface area contributed by atoms with Crippen molar-refractivity contribution in [3.63, 3.8) is 0 Å². The Balaban J connectivity index is 2.22. The van der Waals surface area contributed by atoms with Gasteiger partial charge in [-0.25, -0.2) is 4.98 Å². The van der Waals surface area contributed by atoms with Crippen molar-refractivity contribution in [3.05, 3.63) is 51.6 Å². The number of pyridine rings is 1. The second-order valence-corrected chi connectivity index (χ2v) is 4.76. The van der Waals surface area contributed by atoms with Crippen LogP contribution >= 0.6 is 27.5 Å². The molecule has 0 aliphatic carbocycles. The first-order chi connectivity index (χ1) is 8.58. The molecule has 0 saturated carbocycles. The summed E-state index contributed by atoms with van der Waals surface area (Å²) in [5, 5.41) is 3.06. The molecule has 0 fully saturated rings. The third-order valence-corrected chi connectivity index (χ3v) is 3.54. The van der Waals surface area contributed by atoms with Crippen LogP contribution in [0, 0.1) is 0 Å². The van der Waals surface area contributed by atoms with Crippen LogP contribution in [0.1, 0.15) is 10.4 Å². The molecule has 0 aliphatic rings. The minimum absolute atomic E-state index is 0.298. The summed E-state index contributed by atoms with van der Waals surface area (Å²) >= 11 is 9.30. The van der Waals surface area contributed by atoms with Gasteiger partial charge in [0.25, 0.3) is 5.91 Å². The average molecular weight is 327 g/mol. The van der Waals surface area contributed by atoms with E-state index in [4.69, 9.17) is 17.3 Å². The lowest BCUT2D eigenvalue weighted by Gasteiger charge is -2.07. The molecule has 0 unspecified atom stereocenters. The van der Waals surface area contributed by atoms with E-state index in [1.165, 1.54) is 6.20 Å². The van der Waals surface area contributed by atoms with Crippen molar-refractivity contribution >= 4 is 44.9 Å². The number of carbonyl (C=O) groups is 1. The third kappa shape index (κ3) is 2.80. The second-order valence-electron chi connectivity index (χ2n) is 3.53. The summed E-state index contributed by atoms with van der Waals surface area (Å²) in [4.78, 5) is 15.9. The number of amides is 1. The number of hydrogen-bond donors (Lipinski definition) is 2. The van der Waals surface area contributed by atoms with Crippen LogP contribution in [0.25, 0.3) is 0 Å². The van der Waals surface area contributed by atoms with Gasteiger partial charge in [0.1, 0.15) is 5.82 Å². The van der Waals surface area contributed by atoms with Crippen LogP contribution in [-0.2, 0) is 0 Å². The van der Waals surface area contributed by atoms with Gasteiger partial charge < -0.3 is 11.1 Å². The Bertz CT molecular complexity index is 586. The van der Waals surface area contributed by atoms with E-state index in [1.54, 1.807) is 30.3 Å². The van der Waals surface area contributed by atoms with Crippen molar-refractivity contribution in [1.82, 2.24) is 4.98 Å². The first-order valence-corrected chi connectivity index (χ1v) is 6.22. The van der Waals surface area contributed by atoms with Crippen LogP contribution in [0.4, 0.5) is 11.5 Å². The number of nitrogens with one attached hydrogen (secondary N) is 1. The third-order valence-electron chi connectivity index (χ3n) is 2.24. The Morgan fingerprint density at radius 2 is 2.11 bits per heavy atom. The number of halogens is 2. The van der Waals surface area contributed by atoms with Gasteiger partial charge in [-0.15, -0.1) is 0 Å². The predicted octanol–water partition coefficient (Wildman–Crippen LogP) is 3.33. The normalized spacial score (nSPS) is 10.1. The molecular weight excluding hydrogens is 318 g/mol. The fourth-order valence-electron chi connectivity index (χ4n) is 1.36. The minimum atomic E-state index is -0.298. The van der Waals surface area contributed by atoms with Gasteiger partial charge in [0.15, 0.2) is 0 Å². The number of nitrogen functional groups attached to an aromatic ring is 1. The number of carbonyl (C=O) groups excluding carboxylic acids is 1. The molecule has 1 amide bonds. The molecule has 0 aliphatic heterocycles. The first kappa shape index (κ1) is 12.9. The quantitative estimate of drug-likeness (QED) is 0.889. The fraction of sp³-hybridized carbons (Fsp3) is 0. The molecule has 0 spiro atoms. The van der Waals surface area contributed by atoms with Crippen LogP contribution in [0.3, 0.4) is 0 Å². The van der Waals surface area contributed by atoms with E-state index in [0.717, 1.165) is 0 Å². The van der Waals surface area contributed by atoms with Crippen molar-refractivity contribution in [3.8, 4) is 0 Å². The van der Waals surface area contributed by atoms with Crippen molar-refractivity contribution in [2.24, 2.45) is 0 Å². The van der Waals surface area contributed by atoms with E-state index in [0.29, 0.717) is 26.6 Å². The van der Waals surface area contributed by atoms with Crippen LogP contribution in [-0.4, -0.2) is 10.9 Å². The molecule has 0 atom stereocenters. The van der Waals surface area contributed by atoms with E-state index < -0.39 is 0 Å². The van der Waals surface area contributed by atoms with Crippen LogP contribution in [0.2, 0.25) is 5.02 Å². The molecule has 6 heteroatoms. The Morgan fingerprint density at radius 3 is 2.78 bits per heavy atom. The van der Waals surface area contributed by atoms with Gasteiger partial charge in [-0.1, -0.05) is 17.7 Å². The highest BCUT2D eigenvalue weighted by atomic mass is 79.9. The van der Waals surface area contributed by atoms with E-state index in [2.05, 4.69) is 26.2 Å². The molecule has 4 nitrogen and oxygen atoms in total. The monoisotopic (exact) mass is 325 g/mol. The maximum Gasteiger partial charge on any atom is 0.257 e. The molecule has 2 aromatic rings. The molecule has 0 bridgehead atoms. The number of aromatic nitrogens is 1. The molecule has 1 aromatic heterocycles. The molecule has 2 rings (SSSR count). The molecular formula is C12H9BrClN3O. The number of nitrogens with zero attached hydrogens (tertiary/aromatic N) is 1. The number of hydrogen-bond acceptors (Lipinski definition) is 3. The highest BCUT2D eigenvalue weighted by Gasteiger charge is 2.12. The molecule has 0 saturated heterocycles. The largest absolute Gasteiger partial charge is 0.384 e. The van der Waals surface area contributed by atoms with Gasteiger partial charge in [-0.05, 0) is 40.2 Å². The smallest absolute Gasteiger partial charge is 0.257 e. The van der Waals surface area contributed by atoms with E-state index in [-0.39, 0.29) is 5.91 Å². The molecule has 1 aromatic carbocycles. The van der Waals surface area contributed by atoms with Crippen molar-refractivity contribution in [2.75, 3.05) is 11.1 Å². The van der Waals surface area contributed by atoms with E-state index in [9.17, 15) is 4.79 Å². The fourth-order valence-corrected chi connectivity index (χ4v) is 1.93. The van der Waals surface area contributed by atoms with Gasteiger partial charge in [0.05, 0.1) is 22.5 Å². The summed E-state index contributed by atoms with van der Waals surface area (Å²) in [6.07, 6.45) is 1.49. The van der Waals surface area contributed by atoms with Gasteiger partial charge in [0.2, 0.25) is 0 Å². The number of rotatable bonds is 2. The van der Waals surface area contributed by atoms with E-state index in [1.807, 2.05) is 0 Å². The van der Waals surface area contributed by atoms with Crippen molar-refractivity contribution in [1.29, 1.82) is 0 Å². The van der Waals surface area contributed by atoms with E-state index >= 15 is 0 Å². The highest BCUT2D eigenvalue weighted by Crippen LogP contribution is 2.26. The van der Waals surface area contributed by atoms with Gasteiger partial charge in [0, 0.05) is 4.47 Å². The Labute approximate surface area is 117 Å². The Morgan fingerprint density at radius 1 is 1.33 bits per heavy atom. The lowest BCUT2D eigenvalue weighted by atomic mass is 10.2. The first-order valence-electron chi connectivity index (χ1n) is 5.05. The second kappa shape index (κ2) is 5.37. The molecule has 3 N–H and O–H groups in total. The summed E-state index contributed by atoms with van der Waals surface area (Å²) in [5.41, 5.74) is 6.41. The molecule has 1 heterocycles. The van der Waals surface area contributed by atoms with Gasteiger partial charge >= 0.3 is 0 Å². The highest BCUT2D eigenvalue weighted by molar-refractivity contribution is 9.10. The lowest BCUT2D eigenvalue weighted by molar-refractivity contribution is 0.102. The van der Waals surface area contributed by atoms with Crippen LogP contribution < -0.4 is 11.1 Å². The Kier molecular flexibility index (Phi) is 3.84. The maximum absolute atomic E-state index is 12.0. The van der Waals surface area contributed by atoms with Gasteiger partial charge in [-0.3, -0.25) is 4.79 Å². The SMILES string of the molecule is Nc1ccc(NC(=O)c2cccc(Br)c2Cl)cn1. The minimum Gasteiger partial charge on any atom is -0.384 e. The molecule has 92 valence electrons. The zero-order chi connectivity index (χ0) is 13.1. The van der Waals surface area contributed by atoms with Crippen LogP contribution in [0.5, 0.6) is 0 Å². The summed E-state index contributed by atoms with van der Waals surface area (Å²) in [7, 11) is 0. The van der Waals surface area contributed by atoms with Crippen molar-refractivity contribution < 1.29 is 4.79 Å². The molecule has 0 radical (unpaired) electrons. The Hall–Kier alpha value is -1.59. The lowest BCUT2D eigenvalue weighted by Crippen LogP contribution is -2.12. The number of anilines is 2. The maximum atomic E-state index is 12.0. The predicted molar refractivity (Wildman–Crippen MR) is 75.8 cm³/mol. The summed E-state index contributed by atoms with van der Waals surface area (Å²) in [5.74, 6) is 0.0985. The average Bonchev–Trinajstić information content (AvgIpc) is 2.35. The zero-order valence-corrected chi connectivity index (χ0v) is 11.5. The van der Waals surface area contributed by atoms with Crippen molar-refractivity contribution in [2.45, 2.75) is 0 Å². The summed E-state index contributed by atoms with van der Waals surface area (Å²) in [6, 6.07) is 8.44. The molecule has 18 heavy (non-hydrogen) atoms. The topological polar surface area (TPSA) is 68.0 Å². The van der Waals surface area contributed by atoms with Crippen LogP contribution in [0.15, 0.2) is 41.0 Å². The number of nitrogens with two attached hydrogens (primary N) is 1. The van der Waals surface area contributed by atoms with Gasteiger partial charge in [-0.2, -0.15) is 0 Å². The summed E-state index contributed by atoms with van der Waals surface area (Å²) < 4.78 is 0.673. The standard InChI is InChI=1S/C12H9BrClN3O/c13-9-3-1-2-8(11(9)14)12(18)17-7-4-5-10(15)16-6-7/h1-6H,(H2,15,16)(H,17,18). The zero-order valence-electron chi connectivity index (χ0n) is 9.15. The number of benzene rings is 1. The summed E-state index contributed by atoms with van der Waals surface area (Å²) in [6.45, 7) is 0.